The first kappa shape index (κ1) is 13.3. The quantitative estimate of drug-likeness (QED) is 0.837. The van der Waals surface area contributed by atoms with Crippen molar-refractivity contribution in [2.75, 3.05) is 7.05 Å². The zero-order chi connectivity index (χ0) is 13.0. The lowest BCUT2D eigenvalue weighted by atomic mass is 10.2. The summed E-state index contributed by atoms with van der Waals surface area (Å²) in [7, 11) is 1.82. The van der Waals surface area contributed by atoms with E-state index in [9.17, 15) is 4.39 Å². The number of benzene rings is 2. The Balaban J connectivity index is 2.30. The third kappa shape index (κ3) is 3.20. The van der Waals surface area contributed by atoms with Gasteiger partial charge in [0.1, 0.15) is 5.75 Å². The first-order chi connectivity index (χ1) is 8.70. The fraction of sp³-hybridized carbons (Fsp3) is 0.143. The Morgan fingerprint density at radius 3 is 2.56 bits per heavy atom. The molecule has 2 aromatic carbocycles. The molecule has 0 fully saturated rings. The smallest absolute Gasteiger partial charge is 0.167 e. The van der Waals surface area contributed by atoms with Gasteiger partial charge in [-0.15, -0.1) is 0 Å². The van der Waals surface area contributed by atoms with Crippen molar-refractivity contribution in [3.63, 3.8) is 0 Å². The van der Waals surface area contributed by atoms with Gasteiger partial charge >= 0.3 is 0 Å². The zero-order valence-electron chi connectivity index (χ0n) is 9.91. The molecule has 0 aromatic heterocycles. The summed E-state index contributed by atoms with van der Waals surface area (Å²) in [5.41, 5.74) is 0.802. The highest BCUT2D eigenvalue weighted by Crippen LogP contribution is 2.28. The molecule has 0 amide bonds. The Bertz CT molecular complexity index is 528. The molecular formula is C14H13FINO. The summed E-state index contributed by atoms with van der Waals surface area (Å²) in [4.78, 5) is 0. The molecule has 0 saturated carbocycles. The third-order valence-corrected chi connectivity index (χ3v) is 3.17. The van der Waals surface area contributed by atoms with Crippen molar-refractivity contribution in [1.82, 2.24) is 5.32 Å². The first-order valence-electron chi connectivity index (χ1n) is 5.56. The van der Waals surface area contributed by atoms with Crippen molar-refractivity contribution in [1.29, 1.82) is 0 Å². The minimum Gasteiger partial charge on any atom is -0.454 e. The van der Waals surface area contributed by atoms with Crippen LogP contribution in [0, 0.1) is 9.39 Å². The van der Waals surface area contributed by atoms with Crippen LogP contribution in [0.5, 0.6) is 11.5 Å². The molecule has 0 spiro atoms. The second kappa shape index (κ2) is 6.15. The zero-order valence-corrected chi connectivity index (χ0v) is 12.1. The minimum absolute atomic E-state index is 0.285. The van der Waals surface area contributed by atoms with Crippen LogP contribution in [-0.2, 0) is 6.54 Å². The highest BCUT2D eigenvalue weighted by molar-refractivity contribution is 14.1. The van der Waals surface area contributed by atoms with Gasteiger partial charge in [0.05, 0.1) is 0 Å². The fourth-order valence-corrected chi connectivity index (χ4v) is 1.98. The molecule has 0 aliphatic rings. The molecular weight excluding hydrogens is 344 g/mol. The molecule has 0 heterocycles. The molecule has 0 atom stereocenters. The Kier molecular flexibility index (Phi) is 4.54. The Hall–Kier alpha value is -1.14. The lowest BCUT2D eigenvalue weighted by Crippen LogP contribution is -2.07. The monoisotopic (exact) mass is 357 g/mol. The molecule has 0 aliphatic heterocycles. The van der Waals surface area contributed by atoms with Gasteiger partial charge in [0, 0.05) is 15.7 Å². The van der Waals surface area contributed by atoms with Gasteiger partial charge in [-0.25, -0.2) is 4.39 Å². The van der Waals surface area contributed by atoms with Gasteiger partial charge < -0.3 is 10.1 Å². The van der Waals surface area contributed by atoms with Crippen LogP contribution in [0.4, 0.5) is 4.39 Å². The predicted molar refractivity (Wildman–Crippen MR) is 78.4 cm³/mol. The lowest BCUT2D eigenvalue weighted by molar-refractivity contribution is 0.434. The molecule has 1 N–H and O–H groups in total. The molecule has 2 nitrogen and oxygen atoms in total. The Labute approximate surface area is 119 Å². The van der Waals surface area contributed by atoms with Gasteiger partial charge in [0.25, 0.3) is 0 Å². The largest absolute Gasteiger partial charge is 0.454 e. The van der Waals surface area contributed by atoms with Gasteiger partial charge in [0.15, 0.2) is 11.6 Å². The number of hydrogen-bond acceptors (Lipinski definition) is 2. The lowest BCUT2D eigenvalue weighted by Gasteiger charge is -2.11. The molecule has 2 aromatic rings. The summed E-state index contributed by atoms with van der Waals surface area (Å²) in [6.45, 7) is 0.567. The van der Waals surface area contributed by atoms with Crippen molar-refractivity contribution in [2.45, 2.75) is 6.54 Å². The number of rotatable bonds is 4. The minimum atomic E-state index is -0.346. The number of ether oxygens (including phenoxy) is 1. The maximum atomic E-state index is 13.8. The molecule has 0 radical (unpaired) electrons. The van der Waals surface area contributed by atoms with Crippen LogP contribution in [0.3, 0.4) is 0 Å². The van der Waals surface area contributed by atoms with Gasteiger partial charge in [0.2, 0.25) is 0 Å². The molecule has 94 valence electrons. The average Bonchev–Trinajstić information content (AvgIpc) is 2.36. The van der Waals surface area contributed by atoms with Crippen LogP contribution in [0.15, 0.2) is 42.5 Å². The van der Waals surface area contributed by atoms with E-state index in [2.05, 4.69) is 27.9 Å². The van der Waals surface area contributed by atoms with Crippen LogP contribution in [0.25, 0.3) is 0 Å². The summed E-state index contributed by atoms with van der Waals surface area (Å²) in [5, 5.41) is 3.00. The number of para-hydroxylation sites is 1. The van der Waals surface area contributed by atoms with Crippen molar-refractivity contribution in [2.24, 2.45) is 0 Å². The van der Waals surface area contributed by atoms with Crippen LogP contribution in [0.2, 0.25) is 0 Å². The molecule has 18 heavy (non-hydrogen) atoms. The standard InChI is InChI=1S/C14H13FINO/c1-17-9-10-3-2-4-13(15)14(10)18-12-7-5-11(16)6-8-12/h2-8,17H,9H2,1H3. The summed E-state index contributed by atoms with van der Waals surface area (Å²) in [5.74, 6) is 0.576. The Morgan fingerprint density at radius 2 is 1.89 bits per heavy atom. The van der Waals surface area contributed by atoms with E-state index in [-0.39, 0.29) is 11.6 Å². The highest BCUT2D eigenvalue weighted by Gasteiger charge is 2.10. The summed E-state index contributed by atoms with van der Waals surface area (Å²) in [6.07, 6.45) is 0. The van der Waals surface area contributed by atoms with Crippen LogP contribution >= 0.6 is 22.6 Å². The second-order valence-corrected chi connectivity index (χ2v) is 5.06. The number of nitrogens with one attached hydrogen (secondary N) is 1. The summed E-state index contributed by atoms with van der Waals surface area (Å²) < 4.78 is 20.5. The normalized spacial score (nSPS) is 10.4. The Morgan fingerprint density at radius 1 is 1.17 bits per heavy atom. The van der Waals surface area contributed by atoms with E-state index in [4.69, 9.17) is 4.74 Å². The van der Waals surface area contributed by atoms with Crippen LogP contribution in [0.1, 0.15) is 5.56 Å². The van der Waals surface area contributed by atoms with Gasteiger partial charge in [-0.3, -0.25) is 0 Å². The van der Waals surface area contributed by atoms with Crippen molar-refractivity contribution in [3.8, 4) is 11.5 Å². The maximum Gasteiger partial charge on any atom is 0.167 e. The summed E-state index contributed by atoms with van der Waals surface area (Å²) >= 11 is 2.21. The molecule has 0 aliphatic carbocycles. The second-order valence-electron chi connectivity index (χ2n) is 3.81. The maximum absolute atomic E-state index is 13.8. The van der Waals surface area contributed by atoms with E-state index >= 15 is 0 Å². The van der Waals surface area contributed by atoms with Gasteiger partial charge in [-0.1, -0.05) is 12.1 Å². The van der Waals surface area contributed by atoms with E-state index in [1.807, 2.05) is 37.4 Å². The van der Waals surface area contributed by atoms with Crippen molar-refractivity contribution < 1.29 is 9.13 Å². The van der Waals surface area contributed by atoms with Crippen LogP contribution in [-0.4, -0.2) is 7.05 Å². The van der Waals surface area contributed by atoms with Gasteiger partial charge in [-0.05, 0) is 60.0 Å². The van der Waals surface area contributed by atoms with E-state index in [1.165, 1.54) is 6.07 Å². The number of halogens is 2. The molecule has 4 heteroatoms. The van der Waals surface area contributed by atoms with Crippen molar-refractivity contribution in [3.05, 3.63) is 57.4 Å². The van der Waals surface area contributed by atoms with Crippen molar-refractivity contribution >= 4 is 22.6 Å². The van der Waals surface area contributed by atoms with Crippen LogP contribution < -0.4 is 10.1 Å². The molecule has 0 bridgehead atoms. The molecule has 0 saturated heterocycles. The first-order valence-corrected chi connectivity index (χ1v) is 6.64. The number of hydrogen-bond donors (Lipinski definition) is 1. The topological polar surface area (TPSA) is 21.3 Å². The average molecular weight is 357 g/mol. The predicted octanol–water partition coefficient (Wildman–Crippen LogP) is 3.94. The SMILES string of the molecule is CNCc1cccc(F)c1Oc1ccc(I)cc1. The molecule has 2 rings (SSSR count). The van der Waals surface area contributed by atoms with Gasteiger partial charge in [-0.2, -0.15) is 0 Å². The van der Waals surface area contributed by atoms with E-state index < -0.39 is 0 Å². The fourth-order valence-electron chi connectivity index (χ4n) is 1.62. The van der Waals surface area contributed by atoms with E-state index in [0.29, 0.717) is 12.3 Å². The highest BCUT2D eigenvalue weighted by atomic mass is 127. The van der Waals surface area contributed by atoms with E-state index in [1.54, 1.807) is 6.07 Å². The summed E-state index contributed by atoms with van der Waals surface area (Å²) in [6, 6.07) is 12.4. The third-order valence-electron chi connectivity index (χ3n) is 2.45. The van der Waals surface area contributed by atoms with E-state index in [0.717, 1.165) is 9.13 Å². The molecule has 0 unspecified atom stereocenters.